The van der Waals surface area contributed by atoms with E-state index < -0.39 is 11.2 Å². The Bertz CT molecular complexity index is 907. The first-order chi connectivity index (χ1) is 15.7. The zero-order chi connectivity index (χ0) is 23.4. The molecule has 2 N–H and O–H groups in total. The fourth-order valence-electron chi connectivity index (χ4n) is 9.47. The van der Waals surface area contributed by atoms with Crippen molar-refractivity contribution in [2.75, 3.05) is 0 Å². The Hall–Kier alpha value is -1.38. The summed E-state index contributed by atoms with van der Waals surface area (Å²) >= 11 is 0. The summed E-state index contributed by atoms with van der Waals surface area (Å²) in [4.78, 5) is 0. The lowest BCUT2D eigenvalue weighted by Gasteiger charge is -2.59. The maximum absolute atomic E-state index is 12.2. The van der Waals surface area contributed by atoms with E-state index in [0.29, 0.717) is 23.9 Å². The highest BCUT2D eigenvalue weighted by Crippen LogP contribution is 2.67. The summed E-state index contributed by atoms with van der Waals surface area (Å²) in [5, 5.41) is 36.7. The molecule has 4 fully saturated rings. The lowest BCUT2D eigenvalue weighted by Crippen LogP contribution is -2.57. The summed E-state index contributed by atoms with van der Waals surface area (Å²) in [6.45, 7) is 7.42. The number of hydrogen-bond acceptors (Lipinski definition) is 4. The van der Waals surface area contributed by atoms with E-state index in [-0.39, 0.29) is 11.3 Å². The highest BCUT2D eigenvalue weighted by atomic mass is 16.3. The largest absolute Gasteiger partial charge is 0.390 e. The SMILES string of the molecule is CCC[C@@]1(O)CCC2C(CCC3C2CCC2(C)C3CC[C@]2(O)[C@H](C)Cn2cc(C#N)cn2)C1. The molecule has 0 aliphatic heterocycles. The van der Waals surface area contributed by atoms with Gasteiger partial charge in [-0.05, 0) is 99.2 Å². The fraction of sp³-hybridized carbons (Fsp3) is 0.857. The number of aliphatic hydroxyl groups is 2. The van der Waals surface area contributed by atoms with Crippen molar-refractivity contribution >= 4 is 0 Å². The molecule has 182 valence electrons. The van der Waals surface area contributed by atoms with Gasteiger partial charge in [0.2, 0.25) is 0 Å². The summed E-state index contributed by atoms with van der Waals surface area (Å²) in [5.74, 6) is 3.71. The molecular formula is C28H43N3O2. The predicted octanol–water partition coefficient (Wildman–Crippen LogP) is 5.31. The van der Waals surface area contributed by atoms with E-state index >= 15 is 0 Å². The van der Waals surface area contributed by atoms with Crippen LogP contribution in [0.15, 0.2) is 12.4 Å². The third-order valence-corrected chi connectivity index (χ3v) is 11.1. The van der Waals surface area contributed by atoms with E-state index in [2.05, 4.69) is 31.9 Å². The number of aromatic nitrogens is 2. The van der Waals surface area contributed by atoms with Crippen molar-refractivity contribution in [2.45, 2.75) is 109 Å². The Kier molecular flexibility index (Phi) is 5.93. The third-order valence-electron chi connectivity index (χ3n) is 11.1. The first-order valence-electron chi connectivity index (χ1n) is 13.6. The number of fused-ring (bicyclic) bond motifs is 5. The zero-order valence-corrected chi connectivity index (χ0v) is 20.8. The third kappa shape index (κ3) is 3.67. The van der Waals surface area contributed by atoms with Gasteiger partial charge in [0.25, 0.3) is 0 Å². The van der Waals surface area contributed by atoms with Gasteiger partial charge in [0, 0.05) is 18.7 Å². The highest BCUT2D eigenvalue weighted by molar-refractivity contribution is 5.22. The van der Waals surface area contributed by atoms with Gasteiger partial charge in [0.05, 0.1) is 23.0 Å². The summed E-state index contributed by atoms with van der Waals surface area (Å²) < 4.78 is 1.84. The molecule has 9 atom stereocenters. The summed E-state index contributed by atoms with van der Waals surface area (Å²) in [6, 6.07) is 2.16. The average molecular weight is 454 g/mol. The van der Waals surface area contributed by atoms with Crippen LogP contribution in [0, 0.1) is 52.3 Å². The lowest BCUT2D eigenvalue weighted by atomic mass is 9.47. The van der Waals surface area contributed by atoms with E-state index in [1.165, 1.54) is 25.7 Å². The Balaban J connectivity index is 1.31. The van der Waals surface area contributed by atoms with Crippen LogP contribution in [0.4, 0.5) is 0 Å². The van der Waals surface area contributed by atoms with Crippen LogP contribution in [0.25, 0.3) is 0 Å². The fourth-order valence-corrected chi connectivity index (χ4v) is 9.47. The molecule has 0 saturated heterocycles. The van der Waals surface area contributed by atoms with Crippen LogP contribution in [0.3, 0.4) is 0 Å². The van der Waals surface area contributed by atoms with E-state index in [1.807, 2.05) is 4.68 Å². The van der Waals surface area contributed by atoms with Gasteiger partial charge in [0.15, 0.2) is 0 Å². The van der Waals surface area contributed by atoms with Crippen LogP contribution in [0.5, 0.6) is 0 Å². The molecule has 1 heterocycles. The molecule has 0 radical (unpaired) electrons. The van der Waals surface area contributed by atoms with Gasteiger partial charge in [-0.2, -0.15) is 10.4 Å². The summed E-state index contributed by atoms with van der Waals surface area (Å²) in [5.41, 5.74) is -0.539. The van der Waals surface area contributed by atoms with Crippen molar-refractivity contribution in [1.29, 1.82) is 5.26 Å². The first kappa shape index (κ1) is 23.4. The van der Waals surface area contributed by atoms with Gasteiger partial charge in [-0.1, -0.05) is 27.2 Å². The van der Waals surface area contributed by atoms with Crippen LogP contribution in [0.1, 0.15) is 97.0 Å². The Labute approximate surface area is 199 Å². The van der Waals surface area contributed by atoms with E-state index in [1.54, 1.807) is 12.4 Å². The number of nitriles is 1. The minimum Gasteiger partial charge on any atom is -0.390 e. The van der Waals surface area contributed by atoms with Crippen LogP contribution >= 0.6 is 0 Å². The van der Waals surface area contributed by atoms with Gasteiger partial charge in [0.1, 0.15) is 6.07 Å². The van der Waals surface area contributed by atoms with Gasteiger partial charge >= 0.3 is 0 Å². The predicted molar refractivity (Wildman–Crippen MR) is 128 cm³/mol. The smallest absolute Gasteiger partial charge is 0.102 e. The molecule has 4 aliphatic rings. The Morgan fingerprint density at radius 2 is 1.91 bits per heavy atom. The number of rotatable bonds is 5. The molecule has 6 unspecified atom stereocenters. The first-order valence-corrected chi connectivity index (χ1v) is 13.6. The van der Waals surface area contributed by atoms with Crippen molar-refractivity contribution in [3.05, 3.63) is 18.0 Å². The van der Waals surface area contributed by atoms with Crippen molar-refractivity contribution in [2.24, 2.45) is 40.9 Å². The minimum atomic E-state index is -0.674. The molecule has 4 aliphatic carbocycles. The molecule has 0 aromatic carbocycles. The highest BCUT2D eigenvalue weighted by Gasteiger charge is 2.64. The average Bonchev–Trinajstić information content (AvgIpc) is 3.35. The van der Waals surface area contributed by atoms with E-state index in [4.69, 9.17) is 5.26 Å². The zero-order valence-electron chi connectivity index (χ0n) is 20.8. The van der Waals surface area contributed by atoms with Crippen molar-refractivity contribution in [1.82, 2.24) is 9.78 Å². The van der Waals surface area contributed by atoms with Crippen LogP contribution in [-0.2, 0) is 6.54 Å². The Morgan fingerprint density at radius 3 is 2.64 bits per heavy atom. The van der Waals surface area contributed by atoms with Crippen LogP contribution in [-0.4, -0.2) is 31.2 Å². The molecular weight excluding hydrogens is 410 g/mol. The lowest BCUT2D eigenvalue weighted by molar-refractivity contribution is -0.162. The topological polar surface area (TPSA) is 82.1 Å². The monoisotopic (exact) mass is 453 g/mol. The van der Waals surface area contributed by atoms with Gasteiger partial charge < -0.3 is 10.2 Å². The molecule has 4 saturated carbocycles. The second-order valence-corrected chi connectivity index (χ2v) is 12.5. The molecule has 5 nitrogen and oxygen atoms in total. The second-order valence-electron chi connectivity index (χ2n) is 12.5. The van der Waals surface area contributed by atoms with Gasteiger partial charge in [-0.15, -0.1) is 0 Å². The summed E-state index contributed by atoms with van der Waals surface area (Å²) in [7, 11) is 0. The maximum atomic E-state index is 12.2. The quantitative estimate of drug-likeness (QED) is 0.633. The minimum absolute atomic E-state index is 0.0384. The molecule has 1 aromatic rings. The van der Waals surface area contributed by atoms with Crippen molar-refractivity contribution in [3.8, 4) is 6.07 Å². The molecule has 0 bridgehead atoms. The van der Waals surface area contributed by atoms with Crippen molar-refractivity contribution < 1.29 is 10.2 Å². The van der Waals surface area contributed by atoms with Gasteiger partial charge in [-0.25, -0.2) is 0 Å². The molecule has 5 heteroatoms. The molecule has 5 rings (SSSR count). The molecule has 0 spiro atoms. The molecule has 1 aromatic heterocycles. The van der Waals surface area contributed by atoms with Crippen molar-refractivity contribution in [3.63, 3.8) is 0 Å². The molecule has 0 amide bonds. The van der Waals surface area contributed by atoms with Crippen LogP contribution in [0.2, 0.25) is 0 Å². The standard InChI is InChI=1S/C28H43N3O2/c1-4-10-27(32)12-8-22-21(14-27)5-6-24-23(22)7-11-26(3)25(24)9-13-28(26,33)19(2)17-31-18-20(15-29)16-30-31/h16,18-19,21-25,32-33H,4-14,17H2,1-3H3/t19-,21?,22?,23?,24?,25?,26?,27-,28+/m1/s1. The van der Waals surface area contributed by atoms with Gasteiger partial charge in [-0.3, -0.25) is 4.68 Å². The normalized spacial score (nSPS) is 45.5. The Morgan fingerprint density at radius 1 is 1.12 bits per heavy atom. The van der Waals surface area contributed by atoms with Crippen LogP contribution < -0.4 is 0 Å². The number of nitrogens with zero attached hydrogens (tertiary/aromatic N) is 3. The second kappa shape index (κ2) is 8.38. The summed E-state index contributed by atoms with van der Waals surface area (Å²) in [6.07, 6.45) is 15.6. The van der Waals surface area contributed by atoms with E-state index in [9.17, 15) is 10.2 Å². The number of hydrogen-bond donors (Lipinski definition) is 2. The van der Waals surface area contributed by atoms with E-state index in [0.717, 1.165) is 62.7 Å². The maximum Gasteiger partial charge on any atom is 0.102 e. The molecule has 33 heavy (non-hydrogen) atoms.